The molecule has 4 nitrogen and oxygen atoms in total. The maximum Gasteiger partial charge on any atom is 0.255 e. The zero-order chi connectivity index (χ0) is 17.1. The Labute approximate surface area is 160 Å². The van der Waals surface area contributed by atoms with E-state index in [-0.39, 0.29) is 23.8 Å². The van der Waals surface area contributed by atoms with E-state index in [1.165, 1.54) is 5.69 Å². The predicted octanol–water partition coefficient (Wildman–Crippen LogP) is 3.35. The Kier molecular flexibility index (Phi) is 6.94. The van der Waals surface area contributed by atoms with Gasteiger partial charge in [0.05, 0.1) is 11.6 Å². The van der Waals surface area contributed by atoms with Crippen molar-refractivity contribution in [3.05, 3.63) is 52.3 Å². The molecule has 0 atom stereocenters. The van der Waals surface area contributed by atoms with Crippen molar-refractivity contribution in [1.29, 1.82) is 0 Å². The second kappa shape index (κ2) is 8.75. The highest BCUT2D eigenvalue weighted by atomic mass is 35.5. The highest BCUT2D eigenvalue weighted by Gasteiger charge is 2.17. The maximum atomic E-state index is 12.4. The monoisotopic (exact) mass is 381 g/mol. The van der Waals surface area contributed by atoms with Crippen molar-refractivity contribution in [3.8, 4) is 11.3 Å². The van der Waals surface area contributed by atoms with E-state index >= 15 is 0 Å². The molecule has 1 aliphatic rings. The first-order valence-corrected chi connectivity index (χ1v) is 8.93. The minimum atomic E-state index is -0.0205. The molecule has 0 N–H and O–H groups in total. The van der Waals surface area contributed by atoms with Crippen LogP contribution in [0.4, 0.5) is 5.69 Å². The molecule has 136 valence electrons. The summed E-state index contributed by atoms with van der Waals surface area (Å²) in [5.74, 6) is 0.243. The third kappa shape index (κ3) is 4.20. The number of alkyl halides is 1. The first kappa shape index (κ1) is 19.8. The predicted molar refractivity (Wildman–Crippen MR) is 108 cm³/mol. The molecule has 2 aromatic rings. The van der Waals surface area contributed by atoms with E-state index in [4.69, 9.17) is 11.6 Å². The van der Waals surface area contributed by atoms with Crippen molar-refractivity contribution in [2.45, 2.75) is 12.3 Å². The van der Waals surface area contributed by atoms with Gasteiger partial charge in [0.15, 0.2) is 0 Å². The molecular formula is C19H25Cl2N3O. The van der Waals surface area contributed by atoms with Gasteiger partial charge in [0, 0.05) is 43.5 Å². The SMILES string of the molecule is CN1CCCN(c2ccccc2-c2ccc(CCl)c(=O)n2C)CC1.Cl. The summed E-state index contributed by atoms with van der Waals surface area (Å²) in [5.41, 5.74) is 3.84. The summed E-state index contributed by atoms with van der Waals surface area (Å²) in [6, 6.07) is 12.2. The van der Waals surface area contributed by atoms with Gasteiger partial charge >= 0.3 is 0 Å². The van der Waals surface area contributed by atoms with Gasteiger partial charge < -0.3 is 14.4 Å². The summed E-state index contributed by atoms with van der Waals surface area (Å²) in [4.78, 5) is 17.2. The number of likely N-dealkylation sites (N-methyl/N-ethyl adjacent to an activating group) is 1. The molecule has 25 heavy (non-hydrogen) atoms. The van der Waals surface area contributed by atoms with E-state index in [0.29, 0.717) is 5.56 Å². The molecule has 0 aliphatic carbocycles. The van der Waals surface area contributed by atoms with Crippen molar-refractivity contribution in [2.75, 3.05) is 38.1 Å². The number of pyridine rings is 1. The first-order valence-electron chi connectivity index (χ1n) is 8.39. The molecule has 3 rings (SSSR count). The third-order valence-corrected chi connectivity index (χ3v) is 5.06. The van der Waals surface area contributed by atoms with E-state index in [2.05, 4.69) is 35.0 Å². The summed E-state index contributed by atoms with van der Waals surface area (Å²) >= 11 is 5.86. The van der Waals surface area contributed by atoms with Gasteiger partial charge in [-0.15, -0.1) is 24.0 Å². The van der Waals surface area contributed by atoms with Crippen LogP contribution in [0.1, 0.15) is 12.0 Å². The Morgan fingerprint density at radius 3 is 2.52 bits per heavy atom. The molecular weight excluding hydrogens is 357 g/mol. The fraction of sp³-hybridized carbons (Fsp3) is 0.421. The lowest BCUT2D eigenvalue weighted by molar-refractivity contribution is 0.360. The van der Waals surface area contributed by atoms with Crippen LogP contribution < -0.4 is 10.5 Å². The highest BCUT2D eigenvalue weighted by Crippen LogP contribution is 2.30. The van der Waals surface area contributed by atoms with Crippen LogP contribution in [-0.4, -0.2) is 42.7 Å². The quantitative estimate of drug-likeness (QED) is 0.763. The average molecular weight is 382 g/mol. The Morgan fingerprint density at radius 2 is 1.76 bits per heavy atom. The lowest BCUT2D eigenvalue weighted by atomic mass is 10.1. The van der Waals surface area contributed by atoms with Crippen LogP contribution in [0.15, 0.2) is 41.2 Å². The number of nitrogens with zero attached hydrogens (tertiary/aromatic N) is 3. The van der Waals surface area contributed by atoms with Crippen LogP contribution in [0.5, 0.6) is 0 Å². The molecule has 1 aliphatic heterocycles. The second-order valence-electron chi connectivity index (χ2n) is 6.40. The first-order chi connectivity index (χ1) is 11.6. The molecule has 0 unspecified atom stereocenters. The van der Waals surface area contributed by atoms with Gasteiger partial charge in [-0.3, -0.25) is 4.79 Å². The molecule has 0 saturated carbocycles. The number of para-hydroxylation sites is 1. The number of anilines is 1. The second-order valence-corrected chi connectivity index (χ2v) is 6.67. The van der Waals surface area contributed by atoms with Crippen LogP contribution in [0, 0.1) is 0 Å². The number of benzene rings is 1. The van der Waals surface area contributed by atoms with Crippen molar-refractivity contribution >= 4 is 29.7 Å². The van der Waals surface area contributed by atoms with Gasteiger partial charge in [0.25, 0.3) is 5.56 Å². The smallest absolute Gasteiger partial charge is 0.255 e. The molecule has 1 saturated heterocycles. The zero-order valence-electron chi connectivity index (χ0n) is 14.7. The van der Waals surface area contributed by atoms with Gasteiger partial charge in [0.2, 0.25) is 0 Å². The molecule has 2 heterocycles. The Hall–Kier alpha value is -1.49. The van der Waals surface area contributed by atoms with Gasteiger partial charge in [-0.25, -0.2) is 0 Å². The Bertz CT molecular complexity index is 776. The minimum absolute atomic E-state index is 0. The number of halogens is 2. The minimum Gasteiger partial charge on any atom is -0.370 e. The average Bonchev–Trinajstić information content (AvgIpc) is 2.82. The molecule has 0 amide bonds. The summed E-state index contributed by atoms with van der Waals surface area (Å²) in [6.07, 6.45) is 1.15. The van der Waals surface area contributed by atoms with E-state index < -0.39 is 0 Å². The van der Waals surface area contributed by atoms with Crippen LogP contribution in [0.3, 0.4) is 0 Å². The van der Waals surface area contributed by atoms with E-state index in [9.17, 15) is 4.79 Å². The Balaban J connectivity index is 0.00000225. The third-order valence-electron chi connectivity index (χ3n) is 4.77. The van der Waals surface area contributed by atoms with Crippen molar-refractivity contribution in [2.24, 2.45) is 7.05 Å². The maximum absolute atomic E-state index is 12.4. The molecule has 1 aromatic carbocycles. The molecule has 6 heteroatoms. The molecule has 1 aromatic heterocycles. The lowest BCUT2D eigenvalue weighted by Crippen LogP contribution is -2.29. The van der Waals surface area contributed by atoms with E-state index in [1.54, 1.807) is 4.57 Å². The number of hydrogen-bond acceptors (Lipinski definition) is 3. The number of aromatic nitrogens is 1. The van der Waals surface area contributed by atoms with Crippen LogP contribution in [-0.2, 0) is 12.9 Å². The summed E-state index contributed by atoms with van der Waals surface area (Å²) in [7, 11) is 3.99. The zero-order valence-corrected chi connectivity index (χ0v) is 16.3. The van der Waals surface area contributed by atoms with Crippen LogP contribution >= 0.6 is 24.0 Å². The molecule has 0 bridgehead atoms. The highest BCUT2D eigenvalue weighted by molar-refractivity contribution is 6.17. The molecule has 0 radical (unpaired) electrons. The number of rotatable bonds is 3. The summed E-state index contributed by atoms with van der Waals surface area (Å²) in [6.45, 7) is 4.22. The summed E-state index contributed by atoms with van der Waals surface area (Å²) < 4.78 is 1.71. The molecule has 1 fully saturated rings. The van der Waals surface area contributed by atoms with Crippen molar-refractivity contribution < 1.29 is 0 Å². The fourth-order valence-corrected chi connectivity index (χ4v) is 3.52. The standard InChI is InChI=1S/C19H24ClN3O.ClH/c1-21-10-5-11-23(13-12-21)18-7-4-3-6-16(18)17-9-8-15(14-20)19(24)22(17)2;/h3-4,6-9H,5,10-14H2,1-2H3;1H. The topological polar surface area (TPSA) is 28.5 Å². The van der Waals surface area contributed by atoms with Gasteiger partial charge in [-0.1, -0.05) is 24.3 Å². The largest absolute Gasteiger partial charge is 0.370 e. The van der Waals surface area contributed by atoms with Crippen molar-refractivity contribution in [1.82, 2.24) is 9.47 Å². The van der Waals surface area contributed by atoms with Crippen LogP contribution in [0.2, 0.25) is 0 Å². The van der Waals surface area contributed by atoms with E-state index in [0.717, 1.165) is 43.9 Å². The lowest BCUT2D eigenvalue weighted by Gasteiger charge is -2.26. The van der Waals surface area contributed by atoms with Gasteiger partial charge in [0.1, 0.15) is 0 Å². The molecule has 0 spiro atoms. The summed E-state index contributed by atoms with van der Waals surface area (Å²) in [5, 5.41) is 0. The van der Waals surface area contributed by atoms with E-state index in [1.807, 2.05) is 25.2 Å². The Morgan fingerprint density at radius 1 is 1.00 bits per heavy atom. The van der Waals surface area contributed by atoms with Crippen molar-refractivity contribution in [3.63, 3.8) is 0 Å². The fourth-order valence-electron chi connectivity index (χ4n) is 3.31. The van der Waals surface area contributed by atoms with Gasteiger partial charge in [-0.05, 0) is 32.1 Å². The van der Waals surface area contributed by atoms with Crippen LogP contribution in [0.25, 0.3) is 11.3 Å². The normalized spacial score (nSPS) is 15.6. The number of hydrogen-bond donors (Lipinski definition) is 0. The van der Waals surface area contributed by atoms with Gasteiger partial charge in [-0.2, -0.15) is 0 Å².